The first-order valence-corrected chi connectivity index (χ1v) is 13.7. The largest absolute Gasteiger partial charge is 0.309 e. The summed E-state index contributed by atoms with van der Waals surface area (Å²) in [4.78, 5) is 0.227. The van der Waals surface area contributed by atoms with E-state index < -0.39 is 10.0 Å². The van der Waals surface area contributed by atoms with Gasteiger partial charge in [0.05, 0.1) is 22.0 Å². The molecule has 6 nitrogen and oxygen atoms in total. The average molecular weight is 503 g/mol. The molecule has 0 amide bonds. The summed E-state index contributed by atoms with van der Waals surface area (Å²) in [5, 5.41) is 7.99. The van der Waals surface area contributed by atoms with Crippen LogP contribution in [-0.4, -0.2) is 18.2 Å². The number of rotatable bonds is 10. The summed E-state index contributed by atoms with van der Waals surface area (Å²) in [5.41, 5.74) is 6.57. The molecule has 1 aromatic heterocycles. The minimum atomic E-state index is -3.74. The van der Waals surface area contributed by atoms with Crippen molar-refractivity contribution in [2.24, 2.45) is 13.0 Å². The molecular formula is C29H34N4O2S. The van der Waals surface area contributed by atoms with E-state index in [1.54, 1.807) is 16.8 Å². The lowest BCUT2D eigenvalue weighted by Gasteiger charge is -2.12. The van der Waals surface area contributed by atoms with Crippen LogP contribution in [0.1, 0.15) is 36.4 Å². The van der Waals surface area contributed by atoms with E-state index in [1.807, 2.05) is 56.4 Å². The number of anilines is 1. The van der Waals surface area contributed by atoms with Gasteiger partial charge in [-0.15, -0.1) is 0 Å². The van der Waals surface area contributed by atoms with Gasteiger partial charge >= 0.3 is 0 Å². The molecule has 3 aromatic carbocycles. The molecule has 0 radical (unpaired) electrons. The number of nitrogens with zero attached hydrogens (tertiary/aromatic N) is 2. The van der Waals surface area contributed by atoms with Gasteiger partial charge < -0.3 is 5.32 Å². The molecule has 4 rings (SSSR count). The minimum Gasteiger partial charge on any atom is -0.309 e. The molecule has 0 saturated heterocycles. The van der Waals surface area contributed by atoms with Crippen molar-refractivity contribution < 1.29 is 8.42 Å². The Labute approximate surface area is 214 Å². The molecule has 0 unspecified atom stereocenters. The second kappa shape index (κ2) is 11.1. The van der Waals surface area contributed by atoms with Crippen molar-refractivity contribution in [2.45, 2.75) is 45.2 Å². The lowest BCUT2D eigenvalue weighted by molar-refractivity contribution is 0.600. The number of benzene rings is 3. The van der Waals surface area contributed by atoms with E-state index in [4.69, 9.17) is 0 Å². The predicted octanol–water partition coefficient (Wildman–Crippen LogP) is 5.68. The molecule has 2 N–H and O–H groups in total. The number of aromatic nitrogens is 2. The maximum atomic E-state index is 13.2. The Bertz CT molecular complexity index is 1410. The Kier molecular flexibility index (Phi) is 7.91. The van der Waals surface area contributed by atoms with Crippen molar-refractivity contribution in [1.29, 1.82) is 0 Å². The highest BCUT2D eigenvalue weighted by Crippen LogP contribution is 2.27. The zero-order valence-corrected chi connectivity index (χ0v) is 22.1. The summed E-state index contributed by atoms with van der Waals surface area (Å²) in [5.74, 6) is 0.367. The summed E-state index contributed by atoms with van der Waals surface area (Å²) < 4.78 is 30.9. The van der Waals surface area contributed by atoms with Crippen LogP contribution >= 0.6 is 0 Å². The average Bonchev–Trinajstić information content (AvgIpc) is 3.11. The zero-order valence-electron chi connectivity index (χ0n) is 21.3. The van der Waals surface area contributed by atoms with E-state index in [2.05, 4.69) is 53.3 Å². The van der Waals surface area contributed by atoms with Gasteiger partial charge in [0.25, 0.3) is 10.0 Å². The van der Waals surface area contributed by atoms with Crippen molar-refractivity contribution >= 4 is 15.7 Å². The zero-order chi connectivity index (χ0) is 25.7. The van der Waals surface area contributed by atoms with E-state index in [-0.39, 0.29) is 4.90 Å². The van der Waals surface area contributed by atoms with Crippen molar-refractivity contribution in [3.8, 4) is 11.1 Å². The van der Waals surface area contributed by atoms with Gasteiger partial charge in [-0.2, -0.15) is 5.10 Å². The van der Waals surface area contributed by atoms with Gasteiger partial charge in [-0.05, 0) is 59.7 Å². The summed E-state index contributed by atoms with van der Waals surface area (Å²) in [6.45, 7) is 7.62. The number of hydrogen-bond donors (Lipinski definition) is 2. The molecule has 0 aliphatic rings. The smallest absolute Gasteiger partial charge is 0.262 e. The number of nitrogens with one attached hydrogen (secondary N) is 2. The summed E-state index contributed by atoms with van der Waals surface area (Å²) in [7, 11) is -1.91. The van der Waals surface area contributed by atoms with E-state index in [0.717, 1.165) is 35.6 Å². The van der Waals surface area contributed by atoms with E-state index in [1.165, 1.54) is 11.1 Å². The number of aryl methyl sites for hydroxylation is 1. The van der Waals surface area contributed by atoms with E-state index in [0.29, 0.717) is 18.0 Å². The highest BCUT2D eigenvalue weighted by atomic mass is 32.2. The first kappa shape index (κ1) is 25.7. The van der Waals surface area contributed by atoms with Crippen molar-refractivity contribution in [1.82, 2.24) is 15.1 Å². The van der Waals surface area contributed by atoms with Gasteiger partial charge in [-0.1, -0.05) is 74.5 Å². The van der Waals surface area contributed by atoms with Crippen LogP contribution in [0.25, 0.3) is 11.1 Å². The van der Waals surface area contributed by atoms with Crippen molar-refractivity contribution in [2.75, 3.05) is 4.72 Å². The van der Waals surface area contributed by atoms with Gasteiger partial charge in [0, 0.05) is 20.1 Å². The van der Waals surface area contributed by atoms with Crippen LogP contribution in [-0.2, 0) is 36.6 Å². The molecule has 0 aliphatic carbocycles. The fourth-order valence-corrected chi connectivity index (χ4v) is 5.31. The van der Waals surface area contributed by atoms with Crippen LogP contribution in [0, 0.1) is 12.8 Å². The van der Waals surface area contributed by atoms with Crippen LogP contribution in [0.2, 0.25) is 0 Å². The Morgan fingerprint density at radius 2 is 1.53 bits per heavy atom. The van der Waals surface area contributed by atoms with Crippen LogP contribution in [0.4, 0.5) is 5.69 Å². The first-order chi connectivity index (χ1) is 17.2. The summed E-state index contributed by atoms with van der Waals surface area (Å²) >= 11 is 0. The Morgan fingerprint density at radius 1 is 0.861 bits per heavy atom. The van der Waals surface area contributed by atoms with Crippen LogP contribution < -0.4 is 10.0 Å². The monoisotopic (exact) mass is 502 g/mol. The van der Waals surface area contributed by atoms with E-state index >= 15 is 0 Å². The summed E-state index contributed by atoms with van der Waals surface area (Å²) in [6.07, 6.45) is 0.703. The van der Waals surface area contributed by atoms with Gasteiger partial charge in [0.15, 0.2) is 0 Å². The molecule has 0 atom stereocenters. The Balaban J connectivity index is 1.47. The number of sulfonamides is 1. The molecular weight excluding hydrogens is 468 g/mol. The SMILES string of the molecule is Cc1c(NS(=O)(=O)c2ccc(-c3cccc(CNCc4ccccc4)c3)cc2)c(CC(C)C)nn1C. The molecule has 188 valence electrons. The fraction of sp³-hybridized carbons (Fsp3) is 0.276. The summed E-state index contributed by atoms with van der Waals surface area (Å²) in [6, 6.07) is 25.6. The topological polar surface area (TPSA) is 76.0 Å². The van der Waals surface area contributed by atoms with Crippen LogP contribution in [0.15, 0.2) is 83.8 Å². The van der Waals surface area contributed by atoms with Crippen molar-refractivity contribution in [3.63, 3.8) is 0 Å². The third kappa shape index (κ3) is 6.22. The fourth-order valence-electron chi connectivity index (χ4n) is 4.17. The van der Waals surface area contributed by atoms with Crippen LogP contribution in [0.3, 0.4) is 0 Å². The standard InChI is InChI=1S/C29H34N4O2S/c1-21(2)17-28-29(22(3)33(4)31-28)32-36(34,35)27-15-13-25(14-16-27)26-12-8-11-24(18-26)20-30-19-23-9-6-5-7-10-23/h5-16,18,21,30,32H,17,19-20H2,1-4H3. The van der Waals surface area contributed by atoms with Gasteiger partial charge in [-0.25, -0.2) is 8.42 Å². The molecule has 0 bridgehead atoms. The molecule has 0 fully saturated rings. The third-order valence-electron chi connectivity index (χ3n) is 6.17. The van der Waals surface area contributed by atoms with E-state index in [9.17, 15) is 8.42 Å². The maximum absolute atomic E-state index is 13.2. The second-order valence-corrected chi connectivity index (χ2v) is 11.2. The number of hydrogen-bond acceptors (Lipinski definition) is 4. The highest BCUT2D eigenvalue weighted by molar-refractivity contribution is 7.92. The maximum Gasteiger partial charge on any atom is 0.262 e. The molecule has 4 aromatic rings. The molecule has 0 spiro atoms. The predicted molar refractivity (Wildman–Crippen MR) is 146 cm³/mol. The molecule has 0 aliphatic heterocycles. The molecule has 1 heterocycles. The lowest BCUT2D eigenvalue weighted by Crippen LogP contribution is -2.15. The van der Waals surface area contributed by atoms with Gasteiger partial charge in [0.2, 0.25) is 0 Å². The second-order valence-electron chi connectivity index (χ2n) is 9.55. The lowest BCUT2D eigenvalue weighted by atomic mass is 10.0. The minimum absolute atomic E-state index is 0.227. The third-order valence-corrected chi connectivity index (χ3v) is 7.54. The highest BCUT2D eigenvalue weighted by Gasteiger charge is 2.21. The van der Waals surface area contributed by atoms with Crippen LogP contribution in [0.5, 0.6) is 0 Å². The quantitative estimate of drug-likeness (QED) is 0.292. The molecule has 7 heteroatoms. The van der Waals surface area contributed by atoms with Gasteiger partial charge in [0.1, 0.15) is 0 Å². The normalized spacial score (nSPS) is 11.7. The van der Waals surface area contributed by atoms with Gasteiger partial charge in [-0.3, -0.25) is 9.40 Å². The van der Waals surface area contributed by atoms with Crippen molar-refractivity contribution in [3.05, 3.63) is 101 Å². The first-order valence-electron chi connectivity index (χ1n) is 12.2. The Hall–Kier alpha value is -3.42. The molecule has 0 saturated carbocycles. The molecule has 36 heavy (non-hydrogen) atoms. The Morgan fingerprint density at radius 3 is 2.22 bits per heavy atom.